The van der Waals surface area contributed by atoms with E-state index in [2.05, 4.69) is 29.2 Å². The zero-order chi connectivity index (χ0) is 29.9. The number of hydrogen-bond acceptors (Lipinski definition) is 8. The van der Waals surface area contributed by atoms with Gasteiger partial charge in [0.1, 0.15) is 11.6 Å². The number of hydroxylamine groups is 1. The van der Waals surface area contributed by atoms with Gasteiger partial charge in [-0.2, -0.15) is 5.10 Å². The van der Waals surface area contributed by atoms with Crippen LogP contribution < -0.4 is 20.4 Å². The summed E-state index contributed by atoms with van der Waals surface area (Å²) >= 11 is 0. The minimum absolute atomic E-state index is 0.326. The number of halogens is 1. The normalized spacial score (nSPS) is 11.3. The third kappa shape index (κ3) is 8.70. The zero-order valence-electron chi connectivity index (χ0n) is 24.5. The second kappa shape index (κ2) is 15.2. The van der Waals surface area contributed by atoms with Crippen molar-refractivity contribution in [3.8, 4) is 17.0 Å². The summed E-state index contributed by atoms with van der Waals surface area (Å²) in [4.78, 5) is 22.7. The number of unbranched alkanes of at least 4 members (excludes halogenated alkanes) is 4. The maximum absolute atomic E-state index is 14.4. The summed E-state index contributed by atoms with van der Waals surface area (Å²) in [6, 6.07) is 10.9. The molecular weight excluding hydrogens is 537 g/mol. The number of benzene rings is 2. The van der Waals surface area contributed by atoms with Gasteiger partial charge in [-0.1, -0.05) is 33.1 Å². The van der Waals surface area contributed by atoms with Crippen LogP contribution in [0.1, 0.15) is 52.4 Å². The molecule has 0 saturated carbocycles. The summed E-state index contributed by atoms with van der Waals surface area (Å²) < 4.78 is 21.7. The first-order valence-electron chi connectivity index (χ1n) is 14.4. The van der Waals surface area contributed by atoms with Gasteiger partial charge in [0.25, 0.3) is 0 Å². The van der Waals surface area contributed by atoms with Crippen LogP contribution >= 0.6 is 0 Å². The summed E-state index contributed by atoms with van der Waals surface area (Å²) in [6.45, 7) is 6.30. The number of fused-ring (bicyclic) bond motifs is 1. The number of hydrogen-bond donors (Lipinski definition) is 3. The molecule has 0 bridgehead atoms. The van der Waals surface area contributed by atoms with Gasteiger partial charge in [-0.05, 0) is 37.1 Å². The number of carbonyl (C=O) groups is 1. The Labute approximate surface area is 245 Å². The zero-order valence-corrected chi connectivity index (χ0v) is 24.5. The number of anilines is 2. The van der Waals surface area contributed by atoms with Crippen molar-refractivity contribution < 1.29 is 19.1 Å². The highest BCUT2D eigenvalue weighted by Gasteiger charge is 2.15. The van der Waals surface area contributed by atoms with E-state index in [-0.39, 0.29) is 11.7 Å². The lowest BCUT2D eigenvalue weighted by Crippen LogP contribution is -2.32. The molecule has 3 N–H and O–H groups in total. The van der Waals surface area contributed by atoms with Crippen LogP contribution in [0.25, 0.3) is 22.3 Å². The molecule has 42 heavy (non-hydrogen) atoms. The number of methoxy groups -OCH3 is 1. The van der Waals surface area contributed by atoms with Crippen LogP contribution in [0.3, 0.4) is 0 Å². The molecule has 0 saturated heterocycles. The van der Waals surface area contributed by atoms with Gasteiger partial charge in [0, 0.05) is 67.4 Å². The van der Waals surface area contributed by atoms with Crippen molar-refractivity contribution >= 4 is 28.3 Å². The predicted octanol–water partition coefficient (Wildman–Crippen LogP) is 5.62. The highest BCUT2D eigenvalue weighted by molar-refractivity contribution is 5.82. The summed E-state index contributed by atoms with van der Waals surface area (Å²) in [6.07, 6.45) is 10.6. The van der Waals surface area contributed by atoms with Crippen molar-refractivity contribution in [1.29, 1.82) is 0 Å². The van der Waals surface area contributed by atoms with E-state index in [0.29, 0.717) is 37.0 Å². The molecule has 0 radical (unpaired) electrons. The minimum atomic E-state index is -0.363. The van der Waals surface area contributed by atoms with Crippen molar-refractivity contribution in [2.45, 2.75) is 65.0 Å². The molecule has 2 aromatic carbocycles. The van der Waals surface area contributed by atoms with Crippen LogP contribution in [0.15, 0.2) is 55.0 Å². The Balaban J connectivity index is 1.47. The number of nitrogens with one attached hydrogen (secondary N) is 2. The van der Waals surface area contributed by atoms with E-state index in [1.807, 2.05) is 40.0 Å². The van der Waals surface area contributed by atoms with Gasteiger partial charge in [-0.25, -0.2) is 14.9 Å². The highest BCUT2D eigenvalue weighted by atomic mass is 19.1. The molecule has 0 aliphatic carbocycles. The van der Waals surface area contributed by atoms with Gasteiger partial charge in [0.05, 0.1) is 36.2 Å². The van der Waals surface area contributed by atoms with Gasteiger partial charge in [-0.15, -0.1) is 0 Å². The van der Waals surface area contributed by atoms with E-state index < -0.39 is 0 Å². The lowest BCUT2D eigenvalue weighted by Gasteiger charge is -2.26. The maximum Gasteiger partial charge on any atom is 0.243 e. The molecule has 11 heteroatoms. The smallest absolute Gasteiger partial charge is 0.243 e. The number of amides is 1. The second-order valence-corrected chi connectivity index (χ2v) is 10.6. The van der Waals surface area contributed by atoms with Crippen LogP contribution in [0.2, 0.25) is 0 Å². The molecule has 4 rings (SSSR count). The Hall–Kier alpha value is -4.09. The monoisotopic (exact) mass is 577 g/mol. The quantitative estimate of drug-likeness (QED) is 0.0892. The van der Waals surface area contributed by atoms with Gasteiger partial charge < -0.3 is 15.0 Å². The van der Waals surface area contributed by atoms with E-state index in [4.69, 9.17) is 14.9 Å². The maximum atomic E-state index is 14.4. The summed E-state index contributed by atoms with van der Waals surface area (Å²) in [5, 5.41) is 16.5. The van der Waals surface area contributed by atoms with Crippen molar-refractivity contribution in [3.05, 3.63) is 60.8 Å². The lowest BCUT2D eigenvalue weighted by molar-refractivity contribution is -0.129. The molecule has 0 fully saturated rings. The fourth-order valence-corrected chi connectivity index (χ4v) is 4.76. The molecule has 0 atom stereocenters. The third-order valence-electron chi connectivity index (χ3n) is 6.97. The Bertz CT molecular complexity index is 1460. The minimum Gasteiger partial charge on any atom is -0.497 e. The fraction of sp³-hybridized carbons (Fsp3) is 0.419. The van der Waals surface area contributed by atoms with Crippen molar-refractivity contribution in [3.63, 3.8) is 0 Å². The highest BCUT2D eigenvalue weighted by Crippen LogP contribution is 2.31. The predicted molar refractivity (Wildman–Crippen MR) is 161 cm³/mol. The van der Waals surface area contributed by atoms with E-state index in [1.54, 1.807) is 17.9 Å². The van der Waals surface area contributed by atoms with E-state index in [9.17, 15) is 9.18 Å². The average Bonchev–Trinajstić information content (AvgIpc) is 3.46. The number of aromatic nitrogens is 4. The third-order valence-corrected chi connectivity index (χ3v) is 6.97. The number of aryl methyl sites for hydroxylation is 1. The number of rotatable bonds is 16. The first-order chi connectivity index (χ1) is 20.4. The molecule has 1 amide bonds. The summed E-state index contributed by atoms with van der Waals surface area (Å²) in [5.74, 6) is -0.243. The molecule has 224 valence electrons. The van der Waals surface area contributed by atoms with Crippen molar-refractivity contribution in [2.75, 3.05) is 25.1 Å². The van der Waals surface area contributed by atoms with Crippen LogP contribution in [0.4, 0.5) is 15.8 Å². The Kier molecular flexibility index (Phi) is 11.2. The van der Waals surface area contributed by atoms with E-state index in [0.717, 1.165) is 66.6 Å². The van der Waals surface area contributed by atoms with Crippen molar-refractivity contribution in [2.24, 2.45) is 0 Å². The van der Waals surface area contributed by atoms with E-state index in [1.165, 1.54) is 19.2 Å². The summed E-state index contributed by atoms with van der Waals surface area (Å²) in [7, 11) is 1.53. The average molecular weight is 578 g/mol. The molecular formula is C31H40FN7O3. The molecule has 0 unspecified atom stereocenters. The van der Waals surface area contributed by atoms with Crippen LogP contribution in [0, 0.1) is 5.82 Å². The lowest BCUT2D eigenvalue weighted by atomic mass is 10.1. The standard InChI is InChI=1S/C31H40FN7O3/c1-22(2)33-12-14-39(26-15-24(32)16-27(17-26)42-3)25-10-11-28-29(18-25)36-30(20-34-28)23-19-35-38(21-23)13-8-6-4-5-7-9-31(40)37-41/h10-11,15-22,33,41H,4-9,12-14H2,1-3H3,(H,37,40). The van der Waals surface area contributed by atoms with Gasteiger partial charge in [0.2, 0.25) is 5.91 Å². The molecule has 0 aliphatic rings. The topological polar surface area (TPSA) is 117 Å². The second-order valence-electron chi connectivity index (χ2n) is 10.6. The molecule has 2 aromatic heterocycles. The molecule has 10 nitrogen and oxygen atoms in total. The fourth-order valence-electron chi connectivity index (χ4n) is 4.76. The molecule has 0 aliphatic heterocycles. The van der Waals surface area contributed by atoms with Crippen LogP contribution in [0.5, 0.6) is 5.75 Å². The van der Waals surface area contributed by atoms with Crippen molar-refractivity contribution in [1.82, 2.24) is 30.5 Å². The molecule has 0 spiro atoms. The first kappa shape index (κ1) is 30.9. The number of nitrogens with zero attached hydrogens (tertiary/aromatic N) is 5. The Morgan fingerprint density at radius 3 is 2.64 bits per heavy atom. The Morgan fingerprint density at radius 1 is 1.05 bits per heavy atom. The van der Waals surface area contributed by atoms with Crippen LogP contribution in [-0.4, -0.2) is 57.1 Å². The first-order valence-corrected chi connectivity index (χ1v) is 14.4. The Morgan fingerprint density at radius 2 is 1.86 bits per heavy atom. The molecule has 4 aromatic rings. The largest absolute Gasteiger partial charge is 0.497 e. The van der Waals surface area contributed by atoms with E-state index >= 15 is 0 Å². The number of carbonyl (C=O) groups excluding carboxylic acids is 1. The number of ether oxygens (including phenoxy) is 1. The van der Waals surface area contributed by atoms with Gasteiger partial charge in [-0.3, -0.25) is 19.7 Å². The SMILES string of the molecule is COc1cc(F)cc(N(CCNC(C)C)c2ccc3ncc(-c4cnn(CCCCCCCC(=O)NO)c4)nc3c2)c1. The van der Waals surface area contributed by atoms with Gasteiger partial charge >= 0.3 is 0 Å². The van der Waals surface area contributed by atoms with Gasteiger partial charge in [0.15, 0.2) is 0 Å². The summed E-state index contributed by atoms with van der Waals surface area (Å²) in [5.41, 5.74) is 6.35. The van der Waals surface area contributed by atoms with Crippen LogP contribution in [-0.2, 0) is 11.3 Å². The molecule has 2 heterocycles.